The Bertz CT molecular complexity index is 1140. The number of carbonyl (C=O) groups excluding carboxylic acids is 1. The lowest BCUT2D eigenvalue weighted by molar-refractivity contribution is 0.1000. The average molecular weight is 422 g/mol. The van der Waals surface area contributed by atoms with Gasteiger partial charge < -0.3 is 5.73 Å². The molecule has 2 aromatic carbocycles. The van der Waals surface area contributed by atoms with E-state index in [1.807, 2.05) is 47.0 Å². The number of nitrogens with two attached hydrogens (primary N) is 1. The maximum absolute atomic E-state index is 13.5. The molecular formula is C24H27N3O2S. The van der Waals surface area contributed by atoms with E-state index in [2.05, 4.69) is 13.8 Å². The summed E-state index contributed by atoms with van der Waals surface area (Å²) in [5, 5.41) is 1.41. The van der Waals surface area contributed by atoms with E-state index in [0.29, 0.717) is 28.5 Å². The van der Waals surface area contributed by atoms with Gasteiger partial charge in [-0.1, -0.05) is 62.7 Å². The number of fused-ring (bicyclic) bond motifs is 1. The first-order valence-electron chi connectivity index (χ1n) is 10.5. The molecule has 4 rings (SSSR count). The third-order valence-corrected chi connectivity index (χ3v) is 7.37. The highest BCUT2D eigenvalue weighted by Gasteiger charge is 2.31. The number of rotatable bonds is 5. The molecule has 6 heteroatoms. The van der Waals surface area contributed by atoms with Crippen LogP contribution in [-0.4, -0.2) is 15.5 Å². The fraction of sp³-hybridized carbons (Fsp3) is 0.375. The molecule has 0 radical (unpaired) electrons. The molecule has 0 saturated heterocycles. The molecule has 1 saturated carbocycles. The van der Waals surface area contributed by atoms with E-state index in [9.17, 15) is 9.59 Å². The SMILES string of the molecule is C[C@@H]1[C@H](C)CCC[C@@H]1n1c(SCc2cccc(C(N)=O)c2)nc2ccccc2c1=O. The molecule has 2 N–H and O–H groups in total. The van der Waals surface area contributed by atoms with Crippen molar-refractivity contribution in [2.75, 3.05) is 0 Å². The summed E-state index contributed by atoms with van der Waals surface area (Å²) >= 11 is 1.55. The number of nitrogens with zero attached hydrogens (tertiary/aromatic N) is 2. The molecule has 1 fully saturated rings. The normalized spacial score (nSPS) is 21.6. The minimum absolute atomic E-state index is 0.0416. The third kappa shape index (κ3) is 4.01. The summed E-state index contributed by atoms with van der Waals surface area (Å²) in [4.78, 5) is 29.9. The summed E-state index contributed by atoms with van der Waals surface area (Å²) in [5.74, 6) is 1.17. The van der Waals surface area contributed by atoms with Crippen LogP contribution >= 0.6 is 11.8 Å². The molecule has 5 nitrogen and oxygen atoms in total. The van der Waals surface area contributed by atoms with Gasteiger partial charge in [0.1, 0.15) is 0 Å². The standard InChI is InChI=1S/C24H27N3O2S/c1-15-7-5-12-21(16(15)2)27-23(29)19-10-3-4-11-20(19)26-24(27)30-14-17-8-6-9-18(13-17)22(25)28/h3-4,6,8-11,13,15-16,21H,5,7,12,14H2,1-2H3,(H2,25,28)/t15-,16-,21+/m1/s1. The molecule has 0 spiro atoms. The predicted octanol–water partition coefficient (Wildman–Crippen LogP) is 4.78. The second-order valence-electron chi connectivity index (χ2n) is 8.27. The van der Waals surface area contributed by atoms with Crippen LogP contribution in [0.1, 0.15) is 55.1 Å². The number of benzene rings is 2. The van der Waals surface area contributed by atoms with E-state index in [0.717, 1.165) is 29.1 Å². The zero-order valence-electron chi connectivity index (χ0n) is 17.4. The number of primary amides is 1. The molecule has 30 heavy (non-hydrogen) atoms. The van der Waals surface area contributed by atoms with Gasteiger partial charge in [-0.15, -0.1) is 0 Å². The van der Waals surface area contributed by atoms with E-state index in [-0.39, 0.29) is 11.6 Å². The van der Waals surface area contributed by atoms with Gasteiger partial charge in [-0.2, -0.15) is 0 Å². The highest BCUT2D eigenvalue weighted by atomic mass is 32.2. The average Bonchev–Trinajstić information content (AvgIpc) is 2.75. The van der Waals surface area contributed by atoms with E-state index in [4.69, 9.17) is 10.7 Å². The van der Waals surface area contributed by atoms with E-state index in [1.54, 1.807) is 17.8 Å². The van der Waals surface area contributed by atoms with Crippen LogP contribution in [0.5, 0.6) is 0 Å². The second-order valence-corrected chi connectivity index (χ2v) is 9.22. The van der Waals surface area contributed by atoms with E-state index in [1.165, 1.54) is 6.42 Å². The van der Waals surface area contributed by atoms with Crippen LogP contribution < -0.4 is 11.3 Å². The van der Waals surface area contributed by atoms with Crippen LogP contribution in [0.15, 0.2) is 58.5 Å². The molecule has 1 aromatic heterocycles. The summed E-state index contributed by atoms with van der Waals surface area (Å²) in [6, 6.07) is 15.0. The molecule has 3 atom stereocenters. The number of thioether (sulfide) groups is 1. The molecular weight excluding hydrogens is 394 g/mol. The van der Waals surface area contributed by atoms with Crippen LogP contribution in [0.4, 0.5) is 0 Å². The predicted molar refractivity (Wildman–Crippen MR) is 122 cm³/mol. The van der Waals surface area contributed by atoms with Gasteiger partial charge in [0.2, 0.25) is 5.91 Å². The smallest absolute Gasteiger partial charge is 0.262 e. The number of hydrogen-bond acceptors (Lipinski definition) is 4. The van der Waals surface area contributed by atoms with Crippen molar-refractivity contribution in [3.05, 3.63) is 70.0 Å². The minimum atomic E-state index is -0.437. The van der Waals surface area contributed by atoms with Crippen LogP contribution in [0.2, 0.25) is 0 Å². The zero-order valence-corrected chi connectivity index (χ0v) is 18.2. The number of aromatic nitrogens is 2. The Balaban J connectivity index is 1.75. The third-order valence-electron chi connectivity index (χ3n) is 6.35. The highest BCUT2D eigenvalue weighted by Crippen LogP contribution is 2.39. The van der Waals surface area contributed by atoms with Crippen LogP contribution in [-0.2, 0) is 5.75 Å². The lowest BCUT2D eigenvalue weighted by atomic mass is 9.78. The fourth-order valence-corrected chi connectivity index (χ4v) is 5.40. The van der Waals surface area contributed by atoms with Gasteiger partial charge in [0, 0.05) is 17.4 Å². The first-order valence-corrected chi connectivity index (χ1v) is 11.5. The molecule has 156 valence electrons. The van der Waals surface area contributed by atoms with Crippen LogP contribution in [0.3, 0.4) is 0 Å². The van der Waals surface area contributed by atoms with Gasteiger partial charge in [-0.05, 0) is 48.1 Å². The van der Waals surface area contributed by atoms with Gasteiger partial charge in [0.05, 0.1) is 10.9 Å². The molecule has 0 unspecified atom stereocenters. The molecule has 0 bridgehead atoms. The molecule has 0 aliphatic heterocycles. The lowest BCUT2D eigenvalue weighted by Crippen LogP contribution is -2.35. The number of para-hydroxylation sites is 1. The van der Waals surface area contributed by atoms with Crippen LogP contribution in [0, 0.1) is 11.8 Å². The Labute approximate surface area is 180 Å². The highest BCUT2D eigenvalue weighted by molar-refractivity contribution is 7.98. The summed E-state index contributed by atoms with van der Waals surface area (Å²) in [5.41, 5.74) is 7.66. The number of carbonyl (C=O) groups is 1. The molecule has 1 heterocycles. The Morgan fingerprint density at radius 1 is 1.17 bits per heavy atom. The zero-order chi connectivity index (χ0) is 21.3. The Morgan fingerprint density at radius 2 is 1.97 bits per heavy atom. The molecule has 3 aromatic rings. The summed E-state index contributed by atoms with van der Waals surface area (Å²) in [6.45, 7) is 4.53. The Hall–Kier alpha value is -2.60. The van der Waals surface area contributed by atoms with Crippen molar-refractivity contribution in [1.82, 2.24) is 9.55 Å². The van der Waals surface area contributed by atoms with Crippen molar-refractivity contribution in [3.63, 3.8) is 0 Å². The molecule has 1 aliphatic rings. The van der Waals surface area contributed by atoms with E-state index < -0.39 is 5.91 Å². The van der Waals surface area contributed by atoms with Crippen LogP contribution in [0.25, 0.3) is 10.9 Å². The van der Waals surface area contributed by atoms with Gasteiger partial charge in [0.15, 0.2) is 5.16 Å². The first kappa shape index (κ1) is 20.7. The van der Waals surface area contributed by atoms with Crippen molar-refractivity contribution in [2.24, 2.45) is 17.6 Å². The number of amides is 1. The van der Waals surface area contributed by atoms with Crippen molar-refractivity contribution in [2.45, 2.75) is 50.1 Å². The number of hydrogen-bond donors (Lipinski definition) is 1. The quantitative estimate of drug-likeness (QED) is 0.475. The van der Waals surface area contributed by atoms with Crippen molar-refractivity contribution >= 4 is 28.6 Å². The van der Waals surface area contributed by atoms with Crippen molar-refractivity contribution < 1.29 is 4.79 Å². The van der Waals surface area contributed by atoms with Gasteiger partial charge in [-0.3, -0.25) is 14.2 Å². The van der Waals surface area contributed by atoms with Gasteiger partial charge >= 0.3 is 0 Å². The van der Waals surface area contributed by atoms with Gasteiger partial charge in [-0.25, -0.2) is 4.98 Å². The summed E-state index contributed by atoms with van der Waals surface area (Å²) in [6.07, 6.45) is 3.33. The Kier molecular flexibility index (Phi) is 5.95. The monoisotopic (exact) mass is 421 g/mol. The summed E-state index contributed by atoms with van der Waals surface area (Å²) in [7, 11) is 0. The fourth-order valence-electron chi connectivity index (χ4n) is 4.40. The van der Waals surface area contributed by atoms with Crippen molar-refractivity contribution in [1.29, 1.82) is 0 Å². The van der Waals surface area contributed by atoms with Crippen molar-refractivity contribution in [3.8, 4) is 0 Å². The summed E-state index contributed by atoms with van der Waals surface area (Å²) < 4.78 is 1.94. The van der Waals surface area contributed by atoms with E-state index >= 15 is 0 Å². The Morgan fingerprint density at radius 3 is 2.77 bits per heavy atom. The maximum Gasteiger partial charge on any atom is 0.262 e. The maximum atomic E-state index is 13.5. The van der Waals surface area contributed by atoms with Gasteiger partial charge in [0.25, 0.3) is 5.56 Å². The lowest BCUT2D eigenvalue weighted by Gasteiger charge is -2.36. The second kappa shape index (κ2) is 8.64. The molecule has 1 amide bonds. The first-order chi connectivity index (χ1) is 14.5. The topological polar surface area (TPSA) is 78.0 Å². The molecule has 1 aliphatic carbocycles. The minimum Gasteiger partial charge on any atom is -0.366 e. The largest absolute Gasteiger partial charge is 0.366 e.